The molecule has 0 aliphatic heterocycles. The van der Waals surface area contributed by atoms with Crippen molar-refractivity contribution in [3.8, 4) is 0 Å². The number of aliphatic carboxylic acids is 1. The quantitative estimate of drug-likeness (QED) is 0.0970. The fourth-order valence-corrected chi connectivity index (χ4v) is 4.00. The van der Waals surface area contributed by atoms with Crippen LogP contribution in [0.2, 0.25) is 0 Å². The second kappa shape index (κ2) is 18.3. The van der Waals surface area contributed by atoms with Gasteiger partial charge in [-0.25, -0.2) is 4.79 Å². The van der Waals surface area contributed by atoms with E-state index in [1.807, 2.05) is 34.0 Å². The number of nitrogens with one attached hydrogen (secondary N) is 4. The monoisotopic (exact) mass is 565 g/mol. The molecule has 12 nitrogen and oxygen atoms in total. The van der Waals surface area contributed by atoms with Gasteiger partial charge >= 0.3 is 5.97 Å². The maximum absolute atomic E-state index is 13.2. The fourth-order valence-electron chi connectivity index (χ4n) is 3.26. The number of thiol groups is 1. The topological polar surface area (TPSA) is 200 Å². The van der Waals surface area contributed by atoms with Crippen LogP contribution in [-0.2, 0) is 24.0 Å². The third kappa shape index (κ3) is 13.9. The van der Waals surface area contributed by atoms with Gasteiger partial charge in [-0.3, -0.25) is 19.2 Å². The van der Waals surface area contributed by atoms with Crippen molar-refractivity contribution in [1.82, 2.24) is 21.3 Å². The van der Waals surface area contributed by atoms with Gasteiger partial charge in [-0.1, -0.05) is 27.7 Å². The van der Waals surface area contributed by atoms with Gasteiger partial charge in [-0.15, -0.1) is 0 Å². The number of carbonyl (C=O) groups is 5. The molecule has 0 spiro atoms. The van der Waals surface area contributed by atoms with Gasteiger partial charge in [-0.05, 0) is 43.1 Å². The summed E-state index contributed by atoms with van der Waals surface area (Å²) >= 11 is 5.61. The normalized spacial score (nSPS) is 15.3. The number of nitrogens with two attached hydrogens (primary N) is 1. The largest absolute Gasteiger partial charge is 0.480 e. The Morgan fingerprint density at radius 3 is 1.57 bits per heavy atom. The van der Waals surface area contributed by atoms with Crippen LogP contribution in [0.3, 0.4) is 0 Å². The molecule has 0 unspecified atom stereocenters. The Hall–Kier alpha value is -2.03. The van der Waals surface area contributed by atoms with Gasteiger partial charge in [0.1, 0.15) is 24.2 Å². The van der Waals surface area contributed by atoms with E-state index in [1.54, 1.807) is 11.8 Å². The molecular weight excluding hydrogens is 522 g/mol. The molecule has 0 aromatic rings. The Bertz CT molecular complexity index is 770. The third-order valence-electron chi connectivity index (χ3n) is 5.26. The second-order valence-corrected chi connectivity index (χ2v) is 10.9. The van der Waals surface area contributed by atoms with Gasteiger partial charge in [0.05, 0.1) is 12.6 Å². The lowest BCUT2D eigenvalue weighted by Crippen LogP contribution is -2.59. The van der Waals surface area contributed by atoms with Gasteiger partial charge < -0.3 is 37.2 Å². The average Bonchev–Trinajstić information content (AvgIpc) is 2.81. The van der Waals surface area contributed by atoms with Crippen molar-refractivity contribution in [3.05, 3.63) is 0 Å². The highest BCUT2D eigenvalue weighted by Crippen LogP contribution is 2.10. The first-order valence-electron chi connectivity index (χ1n) is 12.2. The lowest BCUT2D eigenvalue weighted by molar-refractivity contribution is -0.143. The number of thioether (sulfide) groups is 1. The van der Waals surface area contributed by atoms with E-state index in [2.05, 4.69) is 33.9 Å². The molecule has 4 amide bonds. The molecule has 0 bridgehead atoms. The SMILES string of the molecule is CSCC[C@H](N)C(=O)N[C@@H](CC(C)C)C(=O)N[C@@H](CC(C)C)C(=O)N[C@@H](CS)C(=O)N[C@@H](CO)C(=O)O. The van der Waals surface area contributed by atoms with Crippen molar-refractivity contribution < 1.29 is 34.2 Å². The smallest absolute Gasteiger partial charge is 0.328 e. The Kier molecular flexibility index (Phi) is 17.3. The van der Waals surface area contributed by atoms with Crippen molar-refractivity contribution in [2.24, 2.45) is 17.6 Å². The molecule has 0 saturated carbocycles. The highest BCUT2D eigenvalue weighted by atomic mass is 32.2. The molecule has 0 aromatic heterocycles. The molecule has 0 aliphatic carbocycles. The molecule has 0 rings (SSSR count). The van der Waals surface area contributed by atoms with Crippen LogP contribution in [0.4, 0.5) is 0 Å². The zero-order valence-corrected chi connectivity index (χ0v) is 23.9. The summed E-state index contributed by atoms with van der Waals surface area (Å²) in [7, 11) is 0. The van der Waals surface area contributed by atoms with Gasteiger partial charge in [0, 0.05) is 5.75 Å². The summed E-state index contributed by atoms with van der Waals surface area (Å²) in [6.07, 6.45) is 2.91. The summed E-state index contributed by atoms with van der Waals surface area (Å²) in [5.74, 6) is -3.38. The zero-order valence-electron chi connectivity index (χ0n) is 22.2. The van der Waals surface area contributed by atoms with Crippen LogP contribution < -0.4 is 27.0 Å². The molecule has 14 heteroatoms. The molecule has 5 atom stereocenters. The number of hydrogen-bond acceptors (Lipinski definition) is 9. The molecule has 37 heavy (non-hydrogen) atoms. The van der Waals surface area contributed by atoms with Crippen molar-refractivity contribution in [3.63, 3.8) is 0 Å². The molecule has 0 saturated heterocycles. The first-order chi connectivity index (χ1) is 17.3. The van der Waals surface area contributed by atoms with E-state index >= 15 is 0 Å². The van der Waals surface area contributed by atoms with E-state index in [0.717, 1.165) is 0 Å². The first kappa shape index (κ1) is 35.0. The van der Waals surface area contributed by atoms with Gasteiger partial charge in [-0.2, -0.15) is 24.4 Å². The number of carboxylic acid groups (broad SMARTS) is 1. The maximum atomic E-state index is 13.2. The van der Waals surface area contributed by atoms with Crippen molar-refractivity contribution in [2.45, 2.75) is 77.2 Å². The molecule has 0 aromatic carbocycles. The highest BCUT2D eigenvalue weighted by Gasteiger charge is 2.31. The number of hydrogen-bond donors (Lipinski definition) is 8. The molecule has 0 aliphatic rings. The predicted molar refractivity (Wildman–Crippen MR) is 146 cm³/mol. The first-order valence-corrected chi connectivity index (χ1v) is 14.2. The molecule has 8 N–H and O–H groups in total. The number of carbonyl (C=O) groups excluding carboxylic acids is 4. The van der Waals surface area contributed by atoms with Gasteiger partial charge in [0.2, 0.25) is 23.6 Å². The number of aliphatic hydroxyl groups excluding tert-OH is 1. The number of aliphatic hydroxyl groups is 1. The molecule has 0 heterocycles. The fraction of sp³-hybridized carbons (Fsp3) is 0.783. The van der Waals surface area contributed by atoms with E-state index < -0.39 is 66.4 Å². The number of rotatable bonds is 18. The van der Waals surface area contributed by atoms with Crippen LogP contribution in [0.1, 0.15) is 47.0 Å². The second-order valence-electron chi connectivity index (χ2n) is 9.60. The van der Waals surface area contributed by atoms with E-state index in [-0.39, 0.29) is 24.0 Å². The van der Waals surface area contributed by atoms with Crippen LogP contribution in [0.15, 0.2) is 0 Å². The minimum atomic E-state index is -1.54. The third-order valence-corrected chi connectivity index (χ3v) is 6.27. The van der Waals surface area contributed by atoms with Gasteiger partial charge in [0.25, 0.3) is 0 Å². The van der Waals surface area contributed by atoms with E-state index in [0.29, 0.717) is 18.6 Å². The lowest BCUT2D eigenvalue weighted by atomic mass is 9.99. The summed E-state index contributed by atoms with van der Waals surface area (Å²) in [5, 5.41) is 28.1. The minimum absolute atomic E-state index is 0.0109. The Balaban J connectivity index is 5.55. The molecule has 214 valence electrons. The van der Waals surface area contributed by atoms with Crippen LogP contribution in [-0.4, -0.2) is 94.4 Å². The van der Waals surface area contributed by atoms with Crippen molar-refractivity contribution in [2.75, 3.05) is 24.4 Å². The van der Waals surface area contributed by atoms with Crippen LogP contribution in [0.5, 0.6) is 0 Å². The lowest BCUT2D eigenvalue weighted by Gasteiger charge is -2.27. The summed E-state index contributed by atoms with van der Waals surface area (Å²) < 4.78 is 0. The van der Waals surface area contributed by atoms with Crippen LogP contribution in [0, 0.1) is 11.8 Å². The number of carboxylic acids is 1. The van der Waals surface area contributed by atoms with Crippen molar-refractivity contribution >= 4 is 54.0 Å². The standard InChI is InChI=1S/C23H43N5O7S2/c1-12(2)8-15(25-19(30)14(24)6-7-37-5)20(31)26-16(9-13(3)4)21(32)28-18(11-36)22(33)27-17(10-29)23(34)35/h12-18,29,36H,6-11,24H2,1-5H3,(H,25,30)(H,26,31)(H,27,33)(H,28,32)(H,34,35)/t14-,15-,16-,17-,18-/m0/s1. The molecular formula is C23H43N5O7S2. The Morgan fingerprint density at radius 2 is 1.19 bits per heavy atom. The van der Waals surface area contributed by atoms with Crippen LogP contribution in [0.25, 0.3) is 0 Å². The van der Waals surface area contributed by atoms with E-state index in [4.69, 9.17) is 15.9 Å². The zero-order chi connectivity index (χ0) is 28.7. The van der Waals surface area contributed by atoms with Crippen molar-refractivity contribution in [1.29, 1.82) is 0 Å². The minimum Gasteiger partial charge on any atom is -0.480 e. The summed E-state index contributed by atoms with van der Waals surface area (Å²) in [6.45, 7) is 6.67. The summed E-state index contributed by atoms with van der Waals surface area (Å²) in [6, 6.07) is -5.47. The van der Waals surface area contributed by atoms with E-state index in [1.165, 1.54) is 0 Å². The Morgan fingerprint density at radius 1 is 0.784 bits per heavy atom. The predicted octanol–water partition coefficient (Wildman–Crippen LogP) is -0.895. The maximum Gasteiger partial charge on any atom is 0.328 e. The van der Waals surface area contributed by atoms with E-state index in [9.17, 15) is 24.0 Å². The van der Waals surface area contributed by atoms with Crippen LogP contribution >= 0.6 is 24.4 Å². The number of amides is 4. The van der Waals surface area contributed by atoms with Gasteiger partial charge in [0.15, 0.2) is 0 Å². The average molecular weight is 566 g/mol. The highest BCUT2D eigenvalue weighted by molar-refractivity contribution is 7.98. The summed E-state index contributed by atoms with van der Waals surface area (Å²) in [5.41, 5.74) is 5.94. The molecule has 0 radical (unpaired) electrons. The summed E-state index contributed by atoms with van der Waals surface area (Å²) in [4.78, 5) is 62.3. The Labute approximate surface area is 228 Å². The molecule has 0 fully saturated rings.